The molecule has 0 aliphatic heterocycles. The van der Waals surface area contributed by atoms with Crippen LogP contribution in [0.3, 0.4) is 0 Å². The summed E-state index contributed by atoms with van der Waals surface area (Å²) in [7, 11) is 0. The second-order valence-electron chi connectivity index (χ2n) is 5.81. The molecule has 2 aromatic rings. The van der Waals surface area contributed by atoms with Crippen LogP contribution < -0.4 is 16.0 Å². The second-order valence-corrected chi connectivity index (χ2v) is 6.25. The smallest absolute Gasteiger partial charge is 0.253 e. The molecule has 0 fully saturated rings. The monoisotopic (exact) mass is 377 g/mol. The van der Waals surface area contributed by atoms with E-state index in [4.69, 9.17) is 11.6 Å². The van der Waals surface area contributed by atoms with Crippen LogP contribution in [0.2, 0.25) is 5.02 Å². The molecule has 138 valence electrons. The van der Waals surface area contributed by atoms with E-state index >= 15 is 0 Å². The molecule has 2 aromatic carbocycles. The van der Waals surface area contributed by atoms with Crippen LogP contribution in [-0.2, 0) is 4.79 Å². The van der Waals surface area contributed by atoms with E-state index in [-0.39, 0.29) is 24.2 Å². The number of benzene rings is 2. The van der Waals surface area contributed by atoms with Crippen molar-refractivity contribution in [1.29, 1.82) is 0 Å². The third-order valence-corrected chi connectivity index (χ3v) is 3.89. The van der Waals surface area contributed by atoms with Crippen molar-refractivity contribution in [2.75, 3.05) is 23.7 Å². The molecule has 0 saturated heterocycles. The van der Waals surface area contributed by atoms with E-state index in [1.54, 1.807) is 37.3 Å². The molecular formula is C19H21ClFN3O2. The normalized spacial score (nSPS) is 10.3. The van der Waals surface area contributed by atoms with Crippen molar-refractivity contribution in [3.63, 3.8) is 0 Å². The van der Waals surface area contributed by atoms with Crippen molar-refractivity contribution < 1.29 is 14.0 Å². The maximum Gasteiger partial charge on any atom is 0.253 e. The lowest BCUT2D eigenvalue weighted by molar-refractivity contribution is -0.114. The number of carbonyl (C=O) groups is 2. The number of halogens is 2. The maximum atomic E-state index is 13.5. The van der Waals surface area contributed by atoms with E-state index in [0.29, 0.717) is 34.1 Å². The summed E-state index contributed by atoms with van der Waals surface area (Å²) in [5.41, 5.74) is 1.73. The molecule has 0 aliphatic rings. The summed E-state index contributed by atoms with van der Waals surface area (Å²) in [5.74, 6) is -0.999. The van der Waals surface area contributed by atoms with Crippen molar-refractivity contribution in [3.05, 3.63) is 58.4 Å². The fraction of sp³-hybridized carbons (Fsp3) is 0.263. The average Bonchev–Trinajstić information content (AvgIpc) is 2.61. The summed E-state index contributed by atoms with van der Waals surface area (Å²) >= 11 is 5.99. The lowest BCUT2D eigenvalue weighted by Crippen LogP contribution is -2.27. The Morgan fingerprint density at radius 3 is 2.62 bits per heavy atom. The molecule has 0 unspecified atom stereocenters. The Balaban J connectivity index is 2.03. The molecule has 26 heavy (non-hydrogen) atoms. The molecule has 0 heterocycles. The zero-order valence-corrected chi connectivity index (χ0v) is 15.4. The van der Waals surface area contributed by atoms with E-state index in [0.717, 1.165) is 6.42 Å². The predicted molar refractivity (Wildman–Crippen MR) is 102 cm³/mol. The summed E-state index contributed by atoms with van der Waals surface area (Å²) < 4.78 is 13.5. The molecule has 2 rings (SSSR count). The average molecular weight is 378 g/mol. The third-order valence-electron chi connectivity index (χ3n) is 3.66. The number of aryl methyl sites for hydroxylation is 1. The highest BCUT2D eigenvalue weighted by molar-refractivity contribution is 6.31. The molecular weight excluding hydrogens is 357 g/mol. The fourth-order valence-electron chi connectivity index (χ4n) is 2.25. The molecule has 3 N–H and O–H groups in total. The molecule has 5 nitrogen and oxygen atoms in total. The molecule has 0 saturated carbocycles. The van der Waals surface area contributed by atoms with Crippen molar-refractivity contribution in [2.24, 2.45) is 0 Å². The van der Waals surface area contributed by atoms with Crippen molar-refractivity contribution in [1.82, 2.24) is 5.32 Å². The van der Waals surface area contributed by atoms with Crippen LogP contribution in [0.15, 0.2) is 36.4 Å². The van der Waals surface area contributed by atoms with Crippen LogP contribution in [0.4, 0.5) is 15.8 Å². The van der Waals surface area contributed by atoms with E-state index in [1.165, 1.54) is 6.07 Å². The first kappa shape index (κ1) is 19.7. The molecule has 0 spiro atoms. The van der Waals surface area contributed by atoms with Gasteiger partial charge < -0.3 is 16.0 Å². The van der Waals surface area contributed by atoms with Crippen LogP contribution in [0, 0.1) is 12.7 Å². The second kappa shape index (κ2) is 9.20. The SMILES string of the molecule is CCCNC(=O)c1ccc(Cl)cc1NCC(=O)Nc1ccc(C)c(F)c1. The standard InChI is InChI=1S/C19H21ClFN3O2/c1-3-8-22-19(26)15-7-5-13(20)9-17(15)23-11-18(25)24-14-6-4-12(2)16(21)10-14/h4-7,9-10,23H,3,8,11H2,1-2H3,(H,22,26)(H,24,25). The highest BCUT2D eigenvalue weighted by Gasteiger charge is 2.13. The topological polar surface area (TPSA) is 70.2 Å². The van der Waals surface area contributed by atoms with Gasteiger partial charge in [0.1, 0.15) is 5.82 Å². The van der Waals surface area contributed by atoms with Crippen LogP contribution in [0.25, 0.3) is 0 Å². The minimum absolute atomic E-state index is 0.0934. The quantitative estimate of drug-likeness (QED) is 0.683. The molecule has 0 bridgehead atoms. The summed E-state index contributed by atoms with van der Waals surface area (Å²) in [5, 5.41) is 8.74. The number of nitrogens with one attached hydrogen (secondary N) is 3. The van der Waals surface area contributed by atoms with E-state index in [2.05, 4.69) is 16.0 Å². The molecule has 0 radical (unpaired) electrons. The van der Waals surface area contributed by atoms with E-state index in [1.807, 2.05) is 6.92 Å². The van der Waals surface area contributed by atoms with Gasteiger partial charge in [0.05, 0.1) is 12.1 Å². The van der Waals surface area contributed by atoms with Gasteiger partial charge in [-0.25, -0.2) is 4.39 Å². The largest absolute Gasteiger partial charge is 0.375 e. The first-order chi connectivity index (χ1) is 12.4. The highest BCUT2D eigenvalue weighted by Crippen LogP contribution is 2.21. The van der Waals surface area contributed by atoms with Gasteiger partial charge in [0.15, 0.2) is 0 Å². The Morgan fingerprint density at radius 2 is 1.92 bits per heavy atom. The Morgan fingerprint density at radius 1 is 1.15 bits per heavy atom. The van der Waals surface area contributed by atoms with Gasteiger partial charge in [-0.05, 0) is 49.2 Å². The Kier molecular flexibility index (Phi) is 6.97. The van der Waals surface area contributed by atoms with E-state index in [9.17, 15) is 14.0 Å². The number of carbonyl (C=O) groups excluding carboxylic acids is 2. The summed E-state index contributed by atoms with van der Waals surface area (Å²) in [6, 6.07) is 9.27. The number of anilines is 2. The van der Waals surface area contributed by atoms with Crippen LogP contribution in [-0.4, -0.2) is 24.9 Å². The molecule has 0 aliphatic carbocycles. The lowest BCUT2D eigenvalue weighted by Gasteiger charge is -2.13. The summed E-state index contributed by atoms with van der Waals surface area (Å²) in [4.78, 5) is 24.3. The first-order valence-corrected chi connectivity index (χ1v) is 8.66. The number of hydrogen-bond donors (Lipinski definition) is 3. The van der Waals surface area contributed by atoms with Gasteiger partial charge in [0.25, 0.3) is 5.91 Å². The zero-order valence-electron chi connectivity index (χ0n) is 14.7. The zero-order chi connectivity index (χ0) is 19.1. The highest BCUT2D eigenvalue weighted by atomic mass is 35.5. The lowest BCUT2D eigenvalue weighted by atomic mass is 10.1. The predicted octanol–water partition coefficient (Wildman–Crippen LogP) is 3.98. The minimum atomic E-state index is -0.388. The van der Waals surface area contributed by atoms with Gasteiger partial charge in [-0.15, -0.1) is 0 Å². The van der Waals surface area contributed by atoms with Gasteiger partial charge in [-0.2, -0.15) is 0 Å². The Hall–Kier alpha value is -2.60. The number of amides is 2. The Labute approximate surface area is 156 Å². The minimum Gasteiger partial charge on any atom is -0.375 e. The van der Waals surface area contributed by atoms with Gasteiger partial charge in [0, 0.05) is 22.9 Å². The molecule has 7 heteroatoms. The maximum absolute atomic E-state index is 13.5. The van der Waals surface area contributed by atoms with Crippen LogP contribution >= 0.6 is 11.6 Å². The van der Waals surface area contributed by atoms with Gasteiger partial charge >= 0.3 is 0 Å². The molecule has 2 amide bonds. The summed E-state index contributed by atoms with van der Waals surface area (Å²) in [6.07, 6.45) is 0.817. The number of rotatable bonds is 7. The Bertz CT molecular complexity index is 811. The van der Waals surface area contributed by atoms with Gasteiger partial charge in [0.2, 0.25) is 5.91 Å². The van der Waals surface area contributed by atoms with Gasteiger partial charge in [-0.1, -0.05) is 24.6 Å². The first-order valence-electron chi connectivity index (χ1n) is 8.28. The summed E-state index contributed by atoms with van der Waals surface area (Å²) in [6.45, 7) is 4.07. The van der Waals surface area contributed by atoms with Crippen LogP contribution in [0.5, 0.6) is 0 Å². The third kappa shape index (κ3) is 5.46. The van der Waals surface area contributed by atoms with Crippen molar-refractivity contribution in [3.8, 4) is 0 Å². The molecule has 0 aromatic heterocycles. The van der Waals surface area contributed by atoms with E-state index < -0.39 is 0 Å². The van der Waals surface area contributed by atoms with Crippen molar-refractivity contribution in [2.45, 2.75) is 20.3 Å². The van der Waals surface area contributed by atoms with Gasteiger partial charge in [-0.3, -0.25) is 9.59 Å². The van der Waals surface area contributed by atoms with Crippen LogP contribution in [0.1, 0.15) is 29.3 Å². The number of hydrogen-bond acceptors (Lipinski definition) is 3. The molecule has 0 atom stereocenters. The fourth-order valence-corrected chi connectivity index (χ4v) is 2.42. The van der Waals surface area contributed by atoms with Crippen molar-refractivity contribution >= 4 is 34.8 Å².